The summed E-state index contributed by atoms with van der Waals surface area (Å²) in [6, 6.07) is 27.4. The third kappa shape index (κ3) is 11.1. The lowest BCUT2D eigenvalue weighted by molar-refractivity contribution is -0.253. The van der Waals surface area contributed by atoms with Gasteiger partial charge in [0.2, 0.25) is 11.8 Å². The molecule has 0 aliphatic carbocycles. The van der Waals surface area contributed by atoms with Gasteiger partial charge in [0.05, 0.1) is 44.4 Å². The number of nitrogens with zero attached hydrogens (tertiary/aromatic N) is 1. The number of nitrogen functional groups attached to an aromatic ring is 1. The molecule has 0 spiro atoms. The molecule has 0 bridgehead atoms. The van der Waals surface area contributed by atoms with Crippen molar-refractivity contribution in [2.75, 3.05) is 38.4 Å². The van der Waals surface area contributed by atoms with Gasteiger partial charge >= 0.3 is 0 Å². The number of carbonyl (C=O) groups excluding carboxylic acids is 2. The number of aliphatic hydroxyl groups excluding tert-OH is 1. The Labute approximate surface area is 324 Å². The van der Waals surface area contributed by atoms with Crippen molar-refractivity contribution in [3.05, 3.63) is 118 Å². The van der Waals surface area contributed by atoms with Gasteiger partial charge in [-0.2, -0.15) is 0 Å². The molecular formula is C44H54N4O7. The molecule has 0 saturated carbocycles. The lowest BCUT2D eigenvalue weighted by atomic mass is 9.97. The fraction of sp³-hybridized carbons (Fsp3) is 0.409. The largest absolute Gasteiger partial charge is 0.493 e. The summed E-state index contributed by atoms with van der Waals surface area (Å²) in [6.45, 7) is 2.88. The van der Waals surface area contributed by atoms with E-state index in [4.69, 9.17) is 24.7 Å². The van der Waals surface area contributed by atoms with Crippen LogP contribution in [0.25, 0.3) is 0 Å². The second-order valence-electron chi connectivity index (χ2n) is 14.4. The summed E-state index contributed by atoms with van der Waals surface area (Å²) < 4.78 is 24.4. The molecule has 2 amide bonds. The number of amides is 2. The Kier molecular flexibility index (Phi) is 14.2. The molecule has 1 saturated heterocycles. The van der Waals surface area contributed by atoms with Gasteiger partial charge in [-0.1, -0.05) is 73.5 Å². The van der Waals surface area contributed by atoms with Crippen LogP contribution in [-0.4, -0.2) is 55.2 Å². The van der Waals surface area contributed by atoms with E-state index in [0.29, 0.717) is 37.2 Å². The molecule has 3 unspecified atom stereocenters. The Balaban J connectivity index is 0.985. The van der Waals surface area contributed by atoms with Gasteiger partial charge in [0.1, 0.15) is 0 Å². The number of methoxy groups -OCH3 is 2. The SMILES string of the molecule is COc1cc2c(cc1OC)CN(CC1CC(c3ccc(CO)cc3)OC(c3ccc(CNC(=O)CCCCCCC(=O)Nc4ccccc4N)cc3)O1)CC2. The summed E-state index contributed by atoms with van der Waals surface area (Å²) in [5.41, 5.74) is 13.4. The van der Waals surface area contributed by atoms with E-state index in [1.165, 1.54) is 11.1 Å². The monoisotopic (exact) mass is 750 g/mol. The average Bonchev–Trinajstić information content (AvgIpc) is 3.21. The third-order valence-corrected chi connectivity index (χ3v) is 10.4. The minimum Gasteiger partial charge on any atom is -0.493 e. The van der Waals surface area contributed by atoms with Gasteiger partial charge in [-0.25, -0.2) is 0 Å². The van der Waals surface area contributed by atoms with Gasteiger partial charge in [0, 0.05) is 51.0 Å². The lowest BCUT2D eigenvalue weighted by Crippen LogP contribution is -2.41. The quantitative estimate of drug-likeness (QED) is 0.0664. The van der Waals surface area contributed by atoms with Gasteiger partial charge in [0.25, 0.3) is 0 Å². The maximum Gasteiger partial charge on any atom is 0.224 e. The van der Waals surface area contributed by atoms with Gasteiger partial charge in [0.15, 0.2) is 17.8 Å². The number of unbranched alkanes of at least 4 members (excludes halogenated alkanes) is 3. The number of carbonyl (C=O) groups is 2. The zero-order valence-corrected chi connectivity index (χ0v) is 31.9. The summed E-state index contributed by atoms with van der Waals surface area (Å²) >= 11 is 0. The van der Waals surface area contributed by atoms with Crippen LogP contribution in [-0.2, 0) is 45.2 Å². The topological polar surface area (TPSA) is 145 Å². The van der Waals surface area contributed by atoms with E-state index in [0.717, 1.165) is 85.5 Å². The summed E-state index contributed by atoms with van der Waals surface area (Å²) in [4.78, 5) is 27.2. The first-order chi connectivity index (χ1) is 26.8. The van der Waals surface area contributed by atoms with Crippen LogP contribution in [0.2, 0.25) is 0 Å². The molecule has 2 heterocycles. The van der Waals surface area contributed by atoms with Crippen LogP contribution in [0.5, 0.6) is 11.5 Å². The highest BCUT2D eigenvalue weighted by Crippen LogP contribution is 2.39. The fourth-order valence-electron chi connectivity index (χ4n) is 7.25. The molecule has 4 aromatic carbocycles. The molecule has 5 N–H and O–H groups in total. The van der Waals surface area contributed by atoms with E-state index in [9.17, 15) is 14.7 Å². The predicted octanol–water partition coefficient (Wildman–Crippen LogP) is 6.98. The zero-order valence-electron chi connectivity index (χ0n) is 31.9. The minimum absolute atomic E-state index is 0.00590. The van der Waals surface area contributed by atoms with Crippen molar-refractivity contribution in [2.24, 2.45) is 0 Å². The van der Waals surface area contributed by atoms with E-state index >= 15 is 0 Å². The van der Waals surface area contributed by atoms with E-state index in [-0.39, 0.29) is 30.6 Å². The van der Waals surface area contributed by atoms with Gasteiger partial charge in [-0.15, -0.1) is 0 Å². The van der Waals surface area contributed by atoms with E-state index in [1.54, 1.807) is 26.4 Å². The van der Waals surface area contributed by atoms with Crippen molar-refractivity contribution in [1.82, 2.24) is 10.2 Å². The molecule has 1 fully saturated rings. The first-order valence-electron chi connectivity index (χ1n) is 19.3. The Bertz CT molecular complexity index is 1870. The maximum atomic E-state index is 12.6. The van der Waals surface area contributed by atoms with Crippen molar-refractivity contribution >= 4 is 23.2 Å². The van der Waals surface area contributed by atoms with Crippen LogP contribution in [0.3, 0.4) is 0 Å². The predicted molar refractivity (Wildman–Crippen MR) is 212 cm³/mol. The maximum absolute atomic E-state index is 12.6. The number of anilines is 2. The summed E-state index contributed by atoms with van der Waals surface area (Å²) in [7, 11) is 3.33. The molecule has 11 heteroatoms. The second-order valence-corrected chi connectivity index (χ2v) is 14.4. The Morgan fingerprint density at radius 1 is 0.818 bits per heavy atom. The van der Waals surface area contributed by atoms with Crippen LogP contribution < -0.4 is 25.8 Å². The highest BCUT2D eigenvalue weighted by atomic mass is 16.7. The van der Waals surface area contributed by atoms with Crippen molar-refractivity contribution in [1.29, 1.82) is 0 Å². The van der Waals surface area contributed by atoms with E-state index < -0.39 is 6.29 Å². The molecule has 4 aromatic rings. The fourth-order valence-corrected chi connectivity index (χ4v) is 7.25. The van der Waals surface area contributed by atoms with Gasteiger partial charge < -0.3 is 40.4 Å². The van der Waals surface area contributed by atoms with Crippen LogP contribution in [0.15, 0.2) is 84.9 Å². The molecule has 55 heavy (non-hydrogen) atoms. The number of fused-ring (bicyclic) bond motifs is 1. The van der Waals surface area contributed by atoms with Crippen molar-refractivity contribution in [2.45, 2.75) is 89.6 Å². The Morgan fingerprint density at radius 2 is 1.47 bits per heavy atom. The van der Waals surface area contributed by atoms with Crippen LogP contribution in [0.4, 0.5) is 11.4 Å². The number of nitrogens with two attached hydrogens (primary N) is 1. The molecule has 0 aromatic heterocycles. The number of hydrogen-bond donors (Lipinski definition) is 4. The summed E-state index contributed by atoms with van der Waals surface area (Å²) in [6.07, 6.45) is 4.96. The molecule has 292 valence electrons. The molecule has 6 rings (SSSR count). The smallest absolute Gasteiger partial charge is 0.224 e. The lowest BCUT2D eigenvalue weighted by Gasteiger charge is -2.39. The van der Waals surface area contributed by atoms with Crippen molar-refractivity contribution in [3.63, 3.8) is 0 Å². The Morgan fingerprint density at radius 3 is 2.16 bits per heavy atom. The number of nitrogens with one attached hydrogen (secondary N) is 2. The zero-order chi connectivity index (χ0) is 38.6. The highest BCUT2D eigenvalue weighted by Gasteiger charge is 2.34. The number of ether oxygens (including phenoxy) is 4. The van der Waals surface area contributed by atoms with Crippen LogP contribution in [0, 0.1) is 0 Å². The number of para-hydroxylation sites is 2. The normalized spacial score (nSPS) is 18.3. The highest BCUT2D eigenvalue weighted by molar-refractivity contribution is 5.93. The number of aliphatic hydroxyl groups is 1. The molecule has 11 nitrogen and oxygen atoms in total. The van der Waals surface area contributed by atoms with Gasteiger partial charge in [-0.05, 0) is 71.3 Å². The van der Waals surface area contributed by atoms with Crippen molar-refractivity contribution in [3.8, 4) is 11.5 Å². The second kappa shape index (κ2) is 19.6. The third-order valence-electron chi connectivity index (χ3n) is 10.4. The molecule has 3 atom stereocenters. The number of rotatable bonds is 17. The van der Waals surface area contributed by atoms with E-state index in [2.05, 4.69) is 27.7 Å². The minimum atomic E-state index is -0.561. The number of benzene rings is 4. The molecular weight excluding hydrogens is 697 g/mol. The molecule has 2 aliphatic heterocycles. The standard InChI is InChI=1S/C44H54N4O7/c1-52-40-23-34-21-22-48(27-35(34)24-41(40)53-2)28-36-25-39(32-17-15-31(29-49)16-18-32)55-44(54-36)33-19-13-30(14-20-33)26-46-42(50)11-5-3-4-6-12-43(51)47-38-10-8-7-9-37(38)45/h7-10,13-20,23-24,36,39,44,49H,3-6,11-12,21-22,25-29,45H2,1-2H3,(H,46,50)(H,47,51). The van der Waals surface area contributed by atoms with Crippen LogP contribution >= 0.6 is 0 Å². The Hall–Kier alpha value is -4.94. The van der Waals surface area contributed by atoms with Crippen molar-refractivity contribution < 1.29 is 33.6 Å². The van der Waals surface area contributed by atoms with E-state index in [1.807, 2.05) is 60.7 Å². The first-order valence-corrected chi connectivity index (χ1v) is 19.3. The summed E-state index contributed by atoms with van der Waals surface area (Å²) in [5.74, 6) is 1.45. The molecule has 0 radical (unpaired) electrons. The first kappa shape index (κ1) is 39.7. The average molecular weight is 751 g/mol. The molecule has 2 aliphatic rings. The van der Waals surface area contributed by atoms with Crippen LogP contribution in [0.1, 0.15) is 90.7 Å². The number of hydrogen-bond acceptors (Lipinski definition) is 9. The summed E-state index contributed by atoms with van der Waals surface area (Å²) in [5, 5.41) is 15.5. The van der Waals surface area contributed by atoms with Gasteiger partial charge in [-0.3, -0.25) is 14.5 Å².